The van der Waals surface area contributed by atoms with Gasteiger partial charge in [-0.15, -0.1) is 0 Å². The summed E-state index contributed by atoms with van der Waals surface area (Å²) in [5.41, 5.74) is -1.10. The average Bonchev–Trinajstić information content (AvgIpc) is 2.70. The summed E-state index contributed by atoms with van der Waals surface area (Å²) < 4.78 is 49.8. The Kier molecular flexibility index (Phi) is 5.51. The number of hydrogen-bond acceptors (Lipinski definition) is 5. The van der Waals surface area contributed by atoms with Gasteiger partial charge in [0.05, 0.1) is 23.9 Å². The van der Waals surface area contributed by atoms with Crippen LogP contribution < -0.4 is 5.32 Å². The van der Waals surface area contributed by atoms with Crippen molar-refractivity contribution in [1.29, 1.82) is 0 Å². The van der Waals surface area contributed by atoms with Crippen molar-refractivity contribution >= 4 is 11.9 Å². The Morgan fingerprint density at radius 1 is 0.706 bits per heavy atom. The van der Waals surface area contributed by atoms with Gasteiger partial charge in [0.15, 0.2) is 0 Å². The molecule has 0 amide bonds. The molecule has 1 N–H and O–H groups in total. The zero-order valence-corrected chi connectivity index (χ0v) is 19.7. The number of carbonyl (C=O) groups is 2. The largest absolute Gasteiger partial charge is 0.423 e. The van der Waals surface area contributed by atoms with Gasteiger partial charge in [0.25, 0.3) is 6.29 Å². The van der Waals surface area contributed by atoms with Crippen LogP contribution in [-0.4, -0.2) is 37.5 Å². The highest BCUT2D eigenvalue weighted by Gasteiger charge is 2.58. The van der Waals surface area contributed by atoms with Gasteiger partial charge in [0, 0.05) is 0 Å². The maximum Gasteiger partial charge on any atom is 0.401 e. The molecule has 8 aliphatic carbocycles. The van der Waals surface area contributed by atoms with E-state index < -0.39 is 29.8 Å². The molecule has 0 aliphatic heterocycles. The quantitative estimate of drug-likeness (QED) is 0.409. The molecule has 8 saturated carbocycles. The van der Waals surface area contributed by atoms with Gasteiger partial charge in [-0.2, -0.15) is 13.2 Å². The fourth-order valence-corrected chi connectivity index (χ4v) is 9.65. The van der Waals surface area contributed by atoms with Crippen molar-refractivity contribution in [3.8, 4) is 0 Å². The normalized spacial score (nSPS) is 44.8. The Morgan fingerprint density at radius 3 is 1.32 bits per heavy atom. The van der Waals surface area contributed by atoms with Gasteiger partial charge in [-0.05, 0) is 113 Å². The first-order chi connectivity index (χ1) is 16.1. The molecule has 8 rings (SSSR count). The van der Waals surface area contributed by atoms with Crippen molar-refractivity contribution in [2.75, 3.05) is 13.1 Å². The summed E-state index contributed by atoms with van der Waals surface area (Å²) in [7, 11) is 0. The van der Waals surface area contributed by atoms with Crippen LogP contribution in [0.1, 0.15) is 77.0 Å². The third kappa shape index (κ3) is 4.26. The third-order valence-corrected chi connectivity index (χ3v) is 10.1. The predicted octanol–water partition coefficient (Wildman–Crippen LogP) is 4.98. The number of rotatable bonds is 7. The van der Waals surface area contributed by atoms with Crippen LogP contribution in [-0.2, 0) is 19.1 Å². The molecule has 190 valence electrons. The number of halogens is 3. The number of nitrogens with one attached hydrogen (secondary N) is 1. The molecule has 0 aromatic rings. The van der Waals surface area contributed by atoms with E-state index in [2.05, 4.69) is 5.32 Å². The van der Waals surface area contributed by atoms with Crippen LogP contribution in [0.4, 0.5) is 13.2 Å². The van der Waals surface area contributed by atoms with Crippen molar-refractivity contribution in [3.05, 3.63) is 0 Å². The minimum atomic E-state index is -4.39. The molecule has 8 heteroatoms. The van der Waals surface area contributed by atoms with Gasteiger partial charge in [-0.1, -0.05) is 0 Å². The molecule has 8 bridgehead atoms. The van der Waals surface area contributed by atoms with Crippen LogP contribution >= 0.6 is 0 Å². The first kappa shape index (κ1) is 23.1. The molecule has 0 spiro atoms. The molecule has 0 aromatic carbocycles. The Labute approximate surface area is 198 Å². The number of ether oxygens (including phenoxy) is 2. The Balaban J connectivity index is 1.15. The van der Waals surface area contributed by atoms with Crippen molar-refractivity contribution in [2.45, 2.75) is 89.5 Å². The van der Waals surface area contributed by atoms with Gasteiger partial charge >= 0.3 is 18.1 Å². The van der Waals surface area contributed by atoms with E-state index in [0.717, 1.165) is 38.5 Å². The van der Waals surface area contributed by atoms with E-state index in [9.17, 15) is 22.8 Å². The molecule has 8 aliphatic rings. The molecular formula is C26H36F3NO4. The summed E-state index contributed by atoms with van der Waals surface area (Å²) in [5.74, 6) is 2.48. The monoisotopic (exact) mass is 483 g/mol. The Morgan fingerprint density at radius 2 is 1.03 bits per heavy atom. The lowest BCUT2D eigenvalue weighted by atomic mass is 9.49. The second-order valence-electron chi connectivity index (χ2n) is 12.9. The molecule has 0 aromatic heterocycles. The maximum absolute atomic E-state index is 13.4. The number of alkyl halides is 3. The first-order valence-electron chi connectivity index (χ1n) is 13.3. The van der Waals surface area contributed by atoms with Gasteiger partial charge in [0.2, 0.25) is 0 Å². The van der Waals surface area contributed by atoms with Crippen LogP contribution in [0, 0.1) is 46.3 Å². The lowest BCUT2D eigenvalue weighted by Crippen LogP contribution is -2.53. The van der Waals surface area contributed by atoms with E-state index in [1.54, 1.807) is 0 Å². The van der Waals surface area contributed by atoms with Crippen LogP contribution in [0.2, 0.25) is 0 Å². The highest BCUT2D eigenvalue weighted by atomic mass is 19.4. The third-order valence-electron chi connectivity index (χ3n) is 10.1. The molecule has 0 radical (unpaired) electrons. The number of hydrogen-bond donors (Lipinski definition) is 1. The SMILES string of the molecule is O=C(OC(CNCC(F)(F)F)OC(=O)C12CC3CC(CC(C3)C1)C2)C12CC3CC(CC(C3)C1)C2. The number of carbonyl (C=O) groups excluding carboxylic acids is 2. The molecule has 34 heavy (non-hydrogen) atoms. The van der Waals surface area contributed by atoms with E-state index in [1.165, 1.54) is 38.5 Å². The van der Waals surface area contributed by atoms with E-state index in [-0.39, 0.29) is 18.5 Å². The summed E-state index contributed by atoms with van der Waals surface area (Å²) in [6.45, 7) is -1.55. The van der Waals surface area contributed by atoms with Gasteiger partial charge < -0.3 is 14.8 Å². The predicted molar refractivity (Wildman–Crippen MR) is 116 cm³/mol. The zero-order chi connectivity index (χ0) is 23.7. The molecule has 0 heterocycles. The molecule has 0 saturated heterocycles. The molecular weight excluding hydrogens is 447 g/mol. The highest BCUT2D eigenvalue weighted by Crippen LogP contribution is 2.62. The van der Waals surface area contributed by atoms with Crippen molar-refractivity contribution in [1.82, 2.24) is 5.32 Å². The van der Waals surface area contributed by atoms with Crippen LogP contribution in [0.15, 0.2) is 0 Å². The van der Waals surface area contributed by atoms with Gasteiger partial charge in [0.1, 0.15) is 0 Å². The standard InChI is InChI=1S/C26H36F3NO4/c27-26(28,29)14-30-13-21(33-22(31)24-7-15-1-16(8-24)3-17(2-15)9-24)34-23(32)25-10-18-4-19(11-25)6-20(5-18)12-25/h15-21,30H,1-14H2. The van der Waals surface area contributed by atoms with Gasteiger partial charge in [-0.25, -0.2) is 0 Å². The fraction of sp³-hybridized carbons (Fsp3) is 0.923. The minimum Gasteiger partial charge on any atom is -0.423 e. The smallest absolute Gasteiger partial charge is 0.401 e. The topological polar surface area (TPSA) is 64.6 Å². The summed E-state index contributed by atoms with van der Waals surface area (Å²) >= 11 is 0. The zero-order valence-electron chi connectivity index (χ0n) is 19.7. The molecule has 8 fully saturated rings. The Hall–Kier alpha value is -1.31. The average molecular weight is 484 g/mol. The van der Waals surface area contributed by atoms with E-state index in [0.29, 0.717) is 35.5 Å². The summed E-state index contributed by atoms with van der Waals surface area (Å²) in [6, 6.07) is 0. The molecule has 5 nitrogen and oxygen atoms in total. The lowest BCUT2D eigenvalue weighted by Gasteiger charge is -2.55. The van der Waals surface area contributed by atoms with Gasteiger partial charge in [-0.3, -0.25) is 9.59 Å². The van der Waals surface area contributed by atoms with E-state index >= 15 is 0 Å². The lowest BCUT2D eigenvalue weighted by molar-refractivity contribution is -0.215. The van der Waals surface area contributed by atoms with Crippen molar-refractivity contribution < 1.29 is 32.2 Å². The van der Waals surface area contributed by atoms with Crippen LogP contribution in [0.5, 0.6) is 0 Å². The first-order valence-corrected chi connectivity index (χ1v) is 13.3. The number of esters is 2. The van der Waals surface area contributed by atoms with Crippen LogP contribution in [0.25, 0.3) is 0 Å². The fourth-order valence-electron chi connectivity index (χ4n) is 9.65. The van der Waals surface area contributed by atoms with E-state index in [1.807, 2.05) is 0 Å². The maximum atomic E-state index is 13.4. The second kappa shape index (κ2) is 8.10. The van der Waals surface area contributed by atoms with Crippen molar-refractivity contribution in [2.24, 2.45) is 46.3 Å². The van der Waals surface area contributed by atoms with Crippen LogP contribution in [0.3, 0.4) is 0 Å². The highest BCUT2D eigenvalue weighted by molar-refractivity contribution is 5.79. The van der Waals surface area contributed by atoms with Crippen molar-refractivity contribution in [3.63, 3.8) is 0 Å². The summed E-state index contributed by atoms with van der Waals surface area (Å²) in [6.07, 6.45) is 6.09. The summed E-state index contributed by atoms with van der Waals surface area (Å²) in [5, 5.41) is 2.30. The minimum absolute atomic E-state index is 0.338. The molecule has 0 atom stereocenters. The van der Waals surface area contributed by atoms with E-state index in [4.69, 9.17) is 9.47 Å². The Bertz CT molecular complexity index is 712. The summed E-state index contributed by atoms with van der Waals surface area (Å²) in [4.78, 5) is 26.9. The molecule has 0 unspecified atom stereocenters. The second-order valence-corrected chi connectivity index (χ2v) is 12.9.